The minimum absolute atomic E-state index is 0.231. The van der Waals surface area contributed by atoms with Gasteiger partial charge in [-0.1, -0.05) is 30.3 Å². The lowest BCUT2D eigenvalue weighted by molar-refractivity contribution is 0.617. The van der Waals surface area contributed by atoms with E-state index in [1.807, 2.05) is 35.0 Å². The Kier molecular flexibility index (Phi) is 2.96. The van der Waals surface area contributed by atoms with Crippen LogP contribution in [0.5, 0.6) is 0 Å². The van der Waals surface area contributed by atoms with Crippen molar-refractivity contribution in [2.75, 3.05) is 11.4 Å². The number of anilines is 1. The van der Waals surface area contributed by atoms with Crippen LogP contribution in [0, 0.1) is 0 Å². The van der Waals surface area contributed by atoms with Crippen molar-refractivity contribution < 1.29 is 0 Å². The number of hydrogen-bond acceptors (Lipinski definition) is 6. The predicted octanol–water partition coefficient (Wildman–Crippen LogP) is 2.56. The standard InChI is InChI=1S/C19H16N8/c1-2-5-13(6-3-1)14-8-9-22-27(14)19-20-11-16-17(23-19)25-10-4-7-15(25)18-24-21-12-26(16)18/h1-3,5-6,8-9,11-12,15H,4,7,10H2. The van der Waals surface area contributed by atoms with Crippen molar-refractivity contribution in [3.8, 4) is 22.9 Å². The summed E-state index contributed by atoms with van der Waals surface area (Å²) >= 11 is 0. The average Bonchev–Trinajstić information content (AvgIpc) is 3.48. The van der Waals surface area contributed by atoms with Gasteiger partial charge < -0.3 is 4.90 Å². The van der Waals surface area contributed by atoms with E-state index >= 15 is 0 Å². The molecule has 3 aromatic heterocycles. The molecule has 1 atom stereocenters. The third kappa shape index (κ3) is 2.06. The molecule has 2 aliphatic heterocycles. The summed E-state index contributed by atoms with van der Waals surface area (Å²) in [7, 11) is 0. The Hall–Kier alpha value is -3.55. The molecule has 5 heterocycles. The first-order chi connectivity index (χ1) is 13.4. The molecular weight excluding hydrogens is 340 g/mol. The first-order valence-electron chi connectivity index (χ1n) is 9.04. The molecule has 0 bridgehead atoms. The molecule has 0 amide bonds. The zero-order chi connectivity index (χ0) is 17.8. The van der Waals surface area contributed by atoms with Crippen molar-refractivity contribution in [1.82, 2.24) is 34.5 Å². The Morgan fingerprint density at radius 1 is 1.07 bits per heavy atom. The number of hydrogen-bond donors (Lipinski definition) is 0. The van der Waals surface area contributed by atoms with E-state index in [0.717, 1.165) is 48.0 Å². The summed E-state index contributed by atoms with van der Waals surface area (Å²) in [5.74, 6) is 2.46. The van der Waals surface area contributed by atoms with Crippen molar-refractivity contribution in [2.24, 2.45) is 0 Å². The molecule has 0 aliphatic carbocycles. The quantitative estimate of drug-likeness (QED) is 0.549. The predicted molar refractivity (Wildman–Crippen MR) is 98.8 cm³/mol. The summed E-state index contributed by atoms with van der Waals surface area (Å²) in [5, 5.41) is 12.9. The van der Waals surface area contributed by atoms with Crippen molar-refractivity contribution in [2.45, 2.75) is 18.9 Å². The molecule has 4 aromatic rings. The fourth-order valence-electron chi connectivity index (χ4n) is 4.08. The van der Waals surface area contributed by atoms with Crippen LogP contribution < -0.4 is 4.90 Å². The summed E-state index contributed by atoms with van der Waals surface area (Å²) in [5.41, 5.74) is 2.97. The Bertz CT molecular complexity index is 1130. The van der Waals surface area contributed by atoms with Crippen LogP contribution in [-0.2, 0) is 0 Å². The lowest BCUT2D eigenvalue weighted by Crippen LogP contribution is -2.31. The molecule has 132 valence electrons. The van der Waals surface area contributed by atoms with Crippen LogP contribution in [-0.4, -0.2) is 41.1 Å². The summed E-state index contributed by atoms with van der Waals surface area (Å²) in [6.45, 7) is 0.964. The lowest BCUT2D eigenvalue weighted by Gasteiger charge is -2.31. The second-order valence-electron chi connectivity index (χ2n) is 6.78. The van der Waals surface area contributed by atoms with Gasteiger partial charge in [0.15, 0.2) is 11.6 Å². The highest BCUT2D eigenvalue weighted by molar-refractivity contribution is 5.64. The third-order valence-corrected chi connectivity index (χ3v) is 5.30. The van der Waals surface area contributed by atoms with Crippen LogP contribution in [0.4, 0.5) is 5.82 Å². The Balaban J connectivity index is 1.52. The molecule has 1 saturated heterocycles. The highest BCUT2D eigenvalue weighted by atomic mass is 15.4. The van der Waals surface area contributed by atoms with Crippen LogP contribution in [0.25, 0.3) is 22.9 Å². The highest BCUT2D eigenvalue weighted by Crippen LogP contribution is 2.42. The zero-order valence-electron chi connectivity index (χ0n) is 14.5. The van der Waals surface area contributed by atoms with Crippen molar-refractivity contribution in [1.29, 1.82) is 0 Å². The van der Waals surface area contributed by atoms with Gasteiger partial charge in [0.25, 0.3) is 5.95 Å². The van der Waals surface area contributed by atoms with E-state index in [-0.39, 0.29) is 6.04 Å². The molecule has 1 aromatic carbocycles. The van der Waals surface area contributed by atoms with Gasteiger partial charge in [-0.15, -0.1) is 10.2 Å². The molecule has 0 radical (unpaired) electrons. The number of rotatable bonds is 2. The Morgan fingerprint density at radius 2 is 2.00 bits per heavy atom. The number of nitrogens with zero attached hydrogens (tertiary/aromatic N) is 8. The van der Waals surface area contributed by atoms with E-state index in [0.29, 0.717) is 5.95 Å². The molecule has 2 aliphatic rings. The van der Waals surface area contributed by atoms with Gasteiger partial charge in [-0.2, -0.15) is 14.8 Å². The molecule has 6 rings (SSSR count). The lowest BCUT2D eigenvalue weighted by atomic mass is 10.1. The molecule has 1 unspecified atom stereocenters. The van der Waals surface area contributed by atoms with Gasteiger partial charge in [0, 0.05) is 12.1 Å². The molecule has 0 saturated carbocycles. The minimum Gasteiger partial charge on any atom is -0.344 e. The van der Waals surface area contributed by atoms with Crippen molar-refractivity contribution in [3.05, 3.63) is 60.9 Å². The maximum atomic E-state index is 4.90. The van der Waals surface area contributed by atoms with Gasteiger partial charge in [0.1, 0.15) is 12.0 Å². The van der Waals surface area contributed by atoms with E-state index < -0.39 is 0 Å². The average molecular weight is 356 g/mol. The largest absolute Gasteiger partial charge is 0.344 e. The van der Waals surface area contributed by atoms with Gasteiger partial charge >= 0.3 is 0 Å². The molecule has 1 fully saturated rings. The van der Waals surface area contributed by atoms with Gasteiger partial charge in [0.05, 0.1) is 24.1 Å². The second-order valence-corrected chi connectivity index (χ2v) is 6.78. The van der Waals surface area contributed by atoms with E-state index in [2.05, 4.69) is 37.3 Å². The molecule has 0 spiro atoms. The van der Waals surface area contributed by atoms with E-state index in [9.17, 15) is 0 Å². The maximum Gasteiger partial charge on any atom is 0.253 e. The number of benzene rings is 1. The third-order valence-electron chi connectivity index (χ3n) is 5.30. The maximum absolute atomic E-state index is 4.90. The molecule has 8 nitrogen and oxygen atoms in total. The molecule has 8 heteroatoms. The second kappa shape index (κ2) is 5.47. The Labute approximate surface area is 155 Å². The summed E-state index contributed by atoms with van der Waals surface area (Å²) in [6, 6.07) is 12.4. The minimum atomic E-state index is 0.231. The van der Waals surface area contributed by atoms with Gasteiger partial charge in [-0.3, -0.25) is 4.57 Å². The van der Waals surface area contributed by atoms with E-state index in [4.69, 9.17) is 4.98 Å². The Morgan fingerprint density at radius 3 is 2.93 bits per heavy atom. The molecular formula is C19H16N8. The van der Waals surface area contributed by atoms with E-state index in [1.165, 1.54) is 0 Å². The summed E-state index contributed by atoms with van der Waals surface area (Å²) in [6.07, 6.45) is 7.55. The summed E-state index contributed by atoms with van der Waals surface area (Å²) in [4.78, 5) is 11.8. The molecule has 0 N–H and O–H groups in total. The van der Waals surface area contributed by atoms with Crippen LogP contribution in [0.3, 0.4) is 0 Å². The number of aromatic nitrogens is 7. The smallest absolute Gasteiger partial charge is 0.253 e. The van der Waals surface area contributed by atoms with Gasteiger partial charge in [-0.25, -0.2) is 4.98 Å². The SMILES string of the molecule is c1ccc(-c2ccnn2-c2ncc3c(n2)N2CCCC2c2nncn2-3)cc1. The number of fused-ring (bicyclic) bond motifs is 6. The van der Waals surface area contributed by atoms with Crippen LogP contribution in [0.1, 0.15) is 24.7 Å². The topological polar surface area (TPSA) is 77.6 Å². The normalized spacial score (nSPS) is 17.5. The fourth-order valence-corrected chi connectivity index (χ4v) is 4.08. The highest BCUT2D eigenvalue weighted by Gasteiger charge is 2.37. The van der Waals surface area contributed by atoms with Crippen molar-refractivity contribution in [3.63, 3.8) is 0 Å². The summed E-state index contributed by atoms with van der Waals surface area (Å²) < 4.78 is 3.80. The zero-order valence-corrected chi connectivity index (χ0v) is 14.5. The van der Waals surface area contributed by atoms with Gasteiger partial charge in [0.2, 0.25) is 0 Å². The first kappa shape index (κ1) is 14.6. The van der Waals surface area contributed by atoms with Crippen LogP contribution in [0.15, 0.2) is 55.1 Å². The first-order valence-corrected chi connectivity index (χ1v) is 9.04. The molecule has 27 heavy (non-hydrogen) atoms. The van der Waals surface area contributed by atoms with Gasteiger partial charge in [-0.05, 0) is 18.9 Å². The monoisotopic (exact) mass is 356 g/mol. The van der Waals surface area contributed by atoms with Crippen molar-refractivity contribution >= 4 is 5.82 Å². The fraction of sp³-hybridized carbons (Fsp3) is 0.211. The van der Waals surface area contributed by atoms with E-state index in [1.54, 1.807) is 17.2 Å². The van der Waals surface area contributed by atoms with Crippen LogP contribution >= 0.6 is 0 Å². The van der Waals surface area contributed by atoms with Crippen LogP contribution in [0.2, 0.25) is 0 Å².